The number of methoxy groups -OCH3 is 1. The molecule has 0 saturated carbocycles. The predicted molar refractivity (Wildman–Crippen MR) is 131 cm³/mol. The highest BCUT2D eigenvalue weighted by molar-refractivity contribution is 6.00. The van der Waals surface area contributed by atoms with Crippen molar-refractivity contribution in [3.8, 4) is 22.7 Å². The molecule has 0 saturated heterocycles. The van der Waals surface area contributed by atoms with Crippen LogP contribution in [-0.4, -0.2) is 41.8 Å². The minimum Gasteiger partial charge on any atom is -0.496 e. The van der Waals surface area contributed by atoms with E-state index in [0.717, 1.165) is 5.69 Å². The van der Waals surface area contributed by atoms with Gasteiger partial charge in [-0.1, -0.05) is 36.4 Å². The first-order chi connectivity index (χ1) is 17.0. The SMILES string of the molecule is COc1ccccc1-c1nn(-c2ccccc2)cc1C(=O)NCCNC(=O)c1ccc(C)c(F)c1. The molecular weight excluding hydrogens is 447 g/mol. The molecule has 1 aromatic heterocycles. The molecule has 1 heterocycles. The van der Waals surface area contributed by atoms with Crippen LogP contribution < -0.4 is 15.4 Å². The van der Waals surface area contributed by atoms with Crippen LogP contribution in [0.15, 0.2) is 79.0 Å². The summed E-state index contributed by atoms with van der Waals surface area (Å²) >= 11 is 0. The average molecular weight is 473 g/mol. The maximum Gasteiger partial charge on any atom is 0.255 e. The van der Waals surface area contributed by atoms with Crippen LogP contribution in [0.1, 0.15) is 26.3 Å². The molecule has 0 spiro atoms. The lowest BCUT2D eigenvalue weighted by Gasteiger charge is -2.09. The maximum absolute atomic E-state index is 13.7. The maximum atomic E-state index is 13.7. The minimum absolute atomic E-state index is 0.177. The fraction of sp³-hybridized carbons (Fsp3) is 0.148. The lowest BCUT2D eigenvalue weighted by atomic mass is 10.1. The van der Waals surface area contributed by atoms with Gasteiger partial charge in [-0.15, -0.1) is 0 Å². The van der Waals surface area contributed by atoms with Gasteiger partial charge in [0.05, 0.1) is 18.4 Å². The summed E-state index contributed by atoms with van der Waals surface area (Å²) in [4.78, 5) is 25.4. The molecule has 35 heavy (non-hydrogen) atoms. The Labute approximate surface area is 202 Å². The van der Waals surface area contributed by atoms with Crippen LogP contribution in [0.25, 0.3) is 16.9 Å². The number of nitrogens with one attached hydrogen (secondary N) is 2. The first-order valence-electron chi connectivity index (χ1n) is 11.1. The van der Waals surface area contributed by atoms with Crippen molar-refractivity contribution >= 4 is 11.8 Å². The Kier molecular flexibility index (Phi) is 7.21. The van der Waals surface area contributed by atoms with Gasteiger partial charge < -0.3 is 15.4 Å². The molecular formula is C27H25FN4O3. The quantitative estimate of drug-likeness (QED) is 0.377. The number of carbonyl (C=O) groups is 2. The summed E-state index contributed by atoms with van der Waals surface area (Å²) in [6, 6.07) is 21.1. The van der Waals surface area contributed by atoms with E-state index in [4.69, 9.17) is 4.74 Å². The molecule has 2 amide bonds. The molecule has 4 rings (SSSR count). The van der Waals surface area contributed by atoms with Gasteiger partial charge in [0.25, 0.3) is 11.8 Å². The van der Waals surface area contributed by atoms with E-state index in [0.29, 0.717) is 28.1 Å². The van der Waals surface area contributed by atoms with E-state index in [-0.39, 0.29) is 24.6 Å². The van der Waals surface area contributed by atoms with E-state index >= 15 is 0 Å². The molecule has 0 unspecified atom stereocenters. The second-order valence-corrected chi connectivity index (χ2v) is 7.85. The topological polar surface area (TPSA) is 85.2 Å². The largest absolute Gasteiger partial charge is 0.496 e. The molecule has 0 aliphatic rings. The second kappa shape index (κ2) is 10.6. The lowest BCUT2D eigenvalue weighted by Crippen LogP contribution is -2.34. The normalized spacial score (nSPS) is 10.6. The number of hydrogen-bond donors (Lipinski definition) is 2. The number of carbonyl (C=O) groups excluding carboxylic acids is 2. The van der Waals surface area contributed by atoms with Crippen molar-refractivity contribution in [1.82, 2.24) is 20.4 Å². The van der Waals surface area contributed by atoms with Crippen LogP contribution >= 0.6 is 0 Å². The Hall–Kier alpha value is -4.46. The van der Waals surface area contributed by atoms with Crippen LogP contribution in [0.2, 0.25) is 0 Å². The van der Waals surface area contributed by atoms with Crippen molar-refractivity contribution in [1.29, 1.82) is 0 Å². The van der Waals surface area contributed by atoms with E-state index in [1.807, 2.05) is 54.6 Å². The average Bonchev–Trinajstić information content (AvgIpc) is 3.34. The summed E-state index contributed by atoms with van der Waals surface area (Å²) in [7, 11) is 1.56. The standard InChI is InChI=1S/C27H25FN4O3/c1-18-12-13-19(16-23(18)28)26(33)29-14-15-30-27(34)22-17-32(20-8-4-3-5-9-20)31-25(22)21-10-6-7-11-24(21)35-2/h3-13,16-17H,14-15H2,1-2H3,(H,29,33)(H,30,34). The number of aromatic nitrogens is 2. The monoisotopic (exact) mass is 472 g/mol. The van der Waals surface area contributed by atoms with Crippen molar-refractivity contribution < 1.29 is 18.7 Å². The molecule has 2 N–H and O–H groups in total. The molecule has 0 radical (unpaired) electrons. The second-order valence-electron chi connectivity index (χ2n) is 7.85. The van der Waals surface area contributed by atoms with Crippen molar-refractivity contribution in [3.05, 3.63) is 102 Å². The number of para-hydroxylation sites is 2. The van der Waals surface area contributed by atoms with Crippen LogP contribution in [0.3, 0.4) is 0 Å². The summed E-state index contributed by atoms with van der Waals surface area (Å²) in [5.74, 6) is -0.601. The zero-order valence-corrected chi connectivity index (χ0v) is 19.4. The van der Waals surface area contributed by atoms with Gasteiger partial charge in [-0.2, -0.15) is 5.10 Å². The van der Waals surface area contributed by atoms with Crippen LogP contribution in [0.5, 0.6) is 5.75 Å². The highest BCUT2D eigenvalue weighted by Gasteiger charge is 2.21. The zero-order chi connectivity index (χ0) is 24.8. The Morgan fingerprint density at radius 2 is 1.63 bits per heavy atom. The zero-order valence-electron chi connectivity index (χ0n) is 19.4. The summed E-state index contributed by atoms with van der Waals surface area (Å²) < 4.78 is 20.8. The Morgan fingerprint density at radius 3 is 2.34 bits per heavy atom. The first kappa shape index (κ1) is 23.7. The number of benzene rings is 3. The van der Waals surface area contributed by atoms with Crippen molar-refractivity contribution in [2.45, 2.75) is 6.92 Å². The fourth-order valence-corrected chi connectivity index (χ4v) is 3.58. The number of hydrogen-bond acceptors (Lipinski definition) is 4. The highest BCUT2D eigenvalue weighted by Crippen LogP contribution is 2.31. The van der Waals surface area contributed by atoms with Crippen molar-refractivity contribution in [2.75, 3.05) is 20.2 Å². The molecule has 8 heteroatoms. The number of ether oxygens (including phenoxy) is 1. The van der Waals surface area contributed by atoms with E-state index < -0.39 is 11.7 Å². The third-order valence-electron chi connectivity index (χ3n) is 5.47. The van der Waals surface area contributed by atoms with Crippen molar-refractivity contribution in [3.63, 3.8) is 0 Å². The number of aryl methyl sites for hydroxylation is 1. The van der Waals surface area contributed by atoms with Crippen LogP contribution in [-0.2, 0) is 0 Å². The Bertz CT molecular complexity index is 1350. The van der Waals surface area contributed by atoms with E-state index in [2.05, 4.69) is 15.7 Å². The molecule has 3 aromatic carbocycles. The van der Waals surface area contributed by atoms with Gasteiger partial charge >= 0.3 is 0 Å². The smallest absolute Gasteiger partial charge is 0.255 e. The number of rotatable bonds is 8. The van der Waals surface area contributed by atoms with Crippen molar-refractivity contribution in [2.24, 2.45) is 0 Å². The van der Waals surface area contributed by atoms with Gasteiger partial charge in [-0.05, 0) is 48.9 Å². The van der Waals surface area contributed by atoms with Gasteiger partial charge in [-0.3, -0.25) is 9.59 Å². The fourth-order valence-electron chi connectivity index (χ4n) is 3.58. The van der Waals surface area contributed by atoms with E-state index in [1.165, 1.54) is 6.07 Å². The summed E-state index contributed by atoms with van der Waals surface area (Å²) in [6.45, 7) is 1.99. The Balaban J connectivity index is 1.50. The van der Waals surface area contributed by atoms with Crippen LogP contribution in [0, 0.1) is 12.7 Å². The van der Waals surface area contributed by atoms with Gasteiger partial charge in [0.2, 0.25) is 0 Å². The summed E-state index contributed by atoms with van der Waals surface area (Å²) in [5.41, 5.74) is 3.02. The lowest BCUT2D eigenvalue weighted by molar-refractivity contribution is 0.0928. The summed E-state index contributed by atoms with van der Waals surface area (Å²) in [5, 5.41) is 10.2. The molecule has 0 atom stereocenters. The Morgan fingerprint density at radius 1 is 0.943 bits per heavy atom. The molecule has 178 valence electrons. The van der Waals surface area contributed by atoms with Gasteiger partial charge in [0.15, 0.2) is 0 Å². The molecule has 0 fully saturated rings. The highest BCUT2D eigenvalue weighted by atomic mass is 19.1. The van der Waals surface area contributed by atoms with E-state index in [1.54, 1.807) is 37.0 Å². The molecule has 0 aliphatic heterocycles. The third kappa shape index (κ3) is 5.38. The molecule has 0 bridgehead atoms. The number of nitrogens with zero attached hydrogens (tertiary/aromatic N) is 2. The molecule has 0 aliphatic carbocycles. The van der Waals surface area contributed by atoms with Gasteiger partial charge in [0, 0.05) is 30.4 Å². The first-order valence-corrected chi connectivity index (χ1v) is 11.1. The molecule has 7 nitrogen and oxygen atoms in total. The number of amides is 2. The predicted octanol–water partition coefficient (Wildman–Crippen LogP) is 4.16. The van der Waals surface area contributed by atoms with Gasteiger partial charge in [-0.25, -0.2) is 9.07 Å². The van der Waals surface area contributed by atoms with Crippen LogP contribution in [0.4, 0.5) is 4.39 Å². The minimum atomic E-state index is -0.440. The van der Waals surface area contributed by atoms with Gasteiger partial charge in [0.1, 0.15) is 17.3 Å². The third-order valence-corrected chi connectivity index (χ3v) is 5.47. The summed E-state index contributed by atoms with van der Waals surface area (Å²) in [6.07, 6.45) is 1.67. The number of halogens is 1. The van der Waals surface area contributed by atoms with E-state index in [9.17, 15) is 14.0 Å². The molecule has 4 aromatic rings.